The van der Waals surface area contributed by atoms with E-state index in [9.17, 15) is 4.79 Å². The maximum Gasteiger partial charge on any atom is 0.225 e. The normalized spacial score (nSPS) is 16.3. The Kier molecular flexibility index (Phi) is 6.59. The molecular weight excluding hydrogens is 396 g/mol. The minimum absolute atomic E-state index is 0.0445. The second-order valence-corrected chi connectivity index (χ2v) is 8.44. The van der Waals surface area contributed by atoms with Crippen LogP contribution in [0.15, 0.2) is 53.9 Å². The number of carbonyl (C=O) groups is 1. The van der Waals surface area contributed by atoms with Crippen LogP contribution in [0.25, 0.3) is 10.6 Å². The average Bonchev–Trinajstić information content (AvgIpc) is 3.33. The fourth-order valence-corrected chi connectivity index (χ4v) is 4.26. The number of nitrogens with zero attached hydrogens (tertiary/aromatic N) is 3. The lowest BCUT2D eigenvalue weighted by Crippen LogP contribution is -2.44. The molecule has 1 aromatic carbocycles. The maximum absolute atomic E-state index is 12.6. The molecule has 1 aliphatic heterocycles. The molecule has 6 nitrogen and oxygen atoms in total. The molecule has 1 amide bonds. The minimum atomic E-state index is -0.0445. The number of aromatic nitrogens is 2. The van der Waals surface area contributed by atoms with Gasteiger partial charge in [-0.15, -0.1) is 21.5 Å². The van der Waals surface area contributed by atoms with Gasteiger partial charge >= 0.3 is 0 Å². The van der Waals surface area contributed by atoms with E-state index in [-0.39, 0.29) is 11.8 Å². The van der Waals surface area contributed by atoms with E-state index in [4.69, 9.17) is 4.74 Å². The molecule has 1 fully saturated rings. The van der Waals surface area contributed by atoms with Crippen molar-refractivity contribution in [3.63, 3.8) is 0 Å². The Morgan fingerprint density at radius 1 is 1.20 bits per heavy atom. The largest absolute Gasteiger partial charge is 0.492 e. The Bertz CT molecular complexity index is 942. The summed E-state index contributed by atoms with van der Waals surface area (Å²) >= 11 is 1.65. The quantitative estimate of drug-likeness (QED) is 0.585. The highest BCUT2D eigenvalue weighted by Crippen LogP contribution is 2.25. The lowest BCUT2D eigenvalue weighted by molar-refractivity contribution is -0.125. The van der Waals surface area contributed by atoms with Crippen LogP contribution in [0.5, 0.6) is 5.75 Å². The van der Waals surface area contributed by atoms with Gasteiger partial charge in [-0.3, -0.25) is 4.79 Å². The molecule has 1 aliphatic rings. The maximum atomic E-state index is 12.6. The molecule has 0 spiro atoms. The second-order valence-electron chi connectivity index (χ2n) is 7.49. The molecule has 1 unspecified atom stereocenters. The molecule has 0 aliphatic carbocycles. The number of benzene rings is 1. The molecule has 0 bridgehead atoms. The third kappa shape index (κ3) is 5.16. The lowest BCUT2D eigenvalue weighted by Gasteiger charge is -2.32. The van der Waals surface area contributed by atoms with Gasteiger partial charge in [-0.1, -0.05) is 23.8 Å². The van der Waals surface area contributed by atoms with Crippen molar-refractivity contribution in [1.82, 2.24) is 15.5 Å². The van der Waals surface area contributed by atoms with Crippen molar-refractivity contribution in [3.8, 4) is 16.3 Å². The van der Waals surface area contributed by atoms with Crippen LogP contribution >= 0.6 is 11.3 Å². The molecule has 30 heavy (non-hydrogen) atoms. The average molecular weight is 423 g/mol. The number of hydrogen-bond donors (Lipinski definition) is 1. The van der Waals surface area contributed by atoms with E-state index < -0.39 is 0 Å². The Balaban J connectivity index is 1.25. The Hall–Kier alpha value is -2.93. The van der Waals surface area contributed by atoms with Crippen molar-refractivity contribution in [1.29, 1.82) is 0 Å². The Morgan fingerprint density at radius 2 is 2.07 bits per heavy atom. The summed E-state index contributed by atoms with van der Waals surface area (Å²) in [5, 5.41) is 13.8. The zero-order valence-corrected chi connectivity index (χ0v) is 17.9. The van der Waals surface area contributed by atoms with Gasteiger partial charge < -0.3 is 15.0 Å². The summed E-state index contributed by atoms with van der Waals surface area (Å²) in [6.45, 7) is 4.56. The Morgan fingerprint density at radius 3 is 2.80 bits per heavy atom. The standard InChI is InChI=1S/C23H26N4O2S/c1-17-6-8-19(9-7-17)29-14-12-24-23(28)18-4-2-13-27(16-18)22-11-10-20(25-26-22)21-5-3-15-30-21/h3,5-11,15,18H,2,4,12-14,16H2,1H3,(H,24,28). The van der Waals surface area contributed by atoms with Gasteiger partial charge in [-0.05, 0) is 55.5 Å². The van der Waals surface area contributed by atoms with Crippen LogP contribution in [0.2, 0.25) is 0 Å². The molecule has 3 aromatic rings. The lowest BCUT2D eigenvalue weighted by atomic mass is 9.97. The van der Waals surface area contributed by atoms with E-state index in [1.165, 1.54) is 5.56 Å². The number of piperidine rings is 1. The number of rotatable bonds is 7. The van der Waals surface area contributed by atoms with Gasteiger partial charge in [0.1, 0.15) is 18.1 Å². The molecule has 0 saturated carbocycles. The summed E-state index contributed by atoms with van der Waals surface area (Å²) < 4.78 is 5.69. The minimum Gasteiger partial charge on any atom is -0.492 e. The molecule has 1 saturated heterocycles. The van der Waals surface area contributed by atoms with Gasteiger partial charge in [0.15, 0.2) is 5.82 Å². The van der Waals surface area contributed by atoms with Gasteiger partial charge in [0.05, 0.1) is 17.3 Å². The number of carbonyl (C=O) groups excluding carboxylic acids is 1. The Labute approximate surface area is 180 Å². The molecular formula is C23H26N4O2S. The van der Waals surface area contributed by atoms with E-state index >= 15 is 0 Å². The third-order valence-electron chi connectivity index (χ3n) is 5.23. The van der Waals surface area contributed by atoms with E-state index in [1.807, 2.05) is 60.8 Å². The first-order valence-electron chi connectivity index (χ1n) is 10.3. The topological polar surface area (TPSA) is 67.3 Å². The highest BCUT2D eigenvalue weighted by atomic mass is 32.1. The molecule has 4 rings (SSSR count). The first-order chi connectivity index (χ1) is 14.7. The van der Waals surface area contributed by atoms with E-state index in [1.54, 1.807) is 11.3 Å². The fraction of sp³-hybridized carbons (Fsp3) is 0.348. The number of anilines is 1. The zero-order valence-electron chi connectivity index (χ0n) is 17.1. The van der Waals surface area contributed by atoms with Crippen molar-refractivity contribution < 1.29 is 9.53 Å². The number of nitrogens with one attached hydrogen (secondary N) is 1. The predicted molar refractivity (Wildman–Crippen MR) is 120 cm³/mol. The number of thiophene rings is 1. The SMILES string of the molecule is Cc1ccc(OCCNC(=O)C2CCCN(c3ccc(-c4cccs4)nn3)C2)cc1. The van der Waals surface area contributed by atoms with Crippen LogP contribution in [0.3, 0.4) is 0 Å². The van der Waals surface area contributed by atoms with Crippen LogP contribution in [0.1, 0.15) is 18.4 Å². The summed E-state index contributed by atoms with van der Waals surface area (Å²) in [6.07, 6.45) is 1.86. The van der Waals surface area contributed by atoms with Crippen molar-refractivity contribution in [2.24, 2.45) is 5.92 Å². The molecule has 1 atom stereocenters. The van der Waals surface area contributed by atoms with Crippen molar-refractivity contribution in [2.45, 2.75) is 19.8 Å². The van der Waals surface area contributed by atoms with E-state index in [0.717, 1.165) is 41.5 Å². The third-order valence-corrected chi connectivity index (χ3v) is 6.12. The summed E-state index contributed by atoms with van der Waals surface area (Å²) in [6, 6.07) is 16.0. The molecule has 0 radical (unpaired) electrons. The predicted octanol–water partition coefficient (Wildman–Crippen LogP) is 3.93. The molecule has 2 aromatic heterocycles. The monoisotopic (exact) mass is 422 g/mol. The van der Waals surface area contributed by atoms with Gasteiger partial charge in [-0.2, -0.15) is 0 Å². The smallest absolute Gasteiger partial charge is 0.225 e. The van der Waals surface area contributed by atoms with Crippen molar-refractivity contribution in [3.05, 3.63) is 59.5 Å². The van der Waals surface area contributed by atoms with Crippen molar-refractivity contribution in [2.75, 3.05) is 31.1 Å². The molecule has 156 valence electrons. The van der Waals surface area contributed by atoms with Crippen LogP contribution in [-0.2, 0) is 4.79 Å². The number of aryl methyl sites for hydroxylation is 1. The van der Waals surface area contributed by atoms with Gasteiger partial charge in [0.2, 0.25) is 5.91 Å². The second kappa shape index (κ2) is 9.71. The van der Waals surface area contributed by atoms with Crippen LogP contribution in [0.4, 0.5) is 5.82 Å². The highest BCUT2D eigenvalue weighted by molar-refractivity contribution is 7.13. The first kappa shape index (κ1) is 20.3. The fourth-order valence-electron chi connectivity index (χ4n) is 3.57. The number of ether oxygens (including phenoxy) is 1. The van der Waals surface area contributed by atoms with Crippen molar-refractivity contribution >= 4 is 23.1 Å². The number of amides is 1. The molecule has 7 heteroatoms. The highest BCUT2D eigenvalue weighted by Gasteiger charge is 2.26. The summed E-state index contributed by atoms with van der Waals surface area (Å²) in [5.41, 5.74) is 2.08. The zero-order chi connectivity index (χ0) is 20.8. The molecule has 3 heterocycles. The van der Waals surface area contributed by atoms with Crippen LogP contribution in [0, 0.1) is 12.8 Å². The molecule has 1 N–H and O–H groups in total. The first-order valence-corrected chi connectivity index (χ1v) is 11.2. The number of hydrogen-bond acceptors (Lipinski definition) is 6. The summed E-state index contributed by atoms with van der Waals surface area (Å²) in [5.74, 6) is 1.69. The van der Waals surface area contributed by atoms with Crippen LogP contribution in [-0.4, -0.2) is 42.3 Å². The van der Waals surface area contributed by atoms with Gasteiger partial charge in [0.25, 0.3) is 0 Å². The summed E-state index contributed by atoms with van der Waals surface area (Å²) in [4.78, 5) is 15.9. The van der Waals surface area contributed by atoms with E-state index in [0.29, 0.717) is 19.7 Å². The van der Waals surface area contributed by atoms with E-state index in [2.05, 4.69) is 20.4 Å². The summed E-state index contributed by atoms with van der Waals surface area (Å²) in [7, 11) is 0. The van der Waals surface area contributed by atoms with Gasteiger partial charge in [0, 0.05) is 13.1 Å². The van der Waals surface area contributed by atoms with Crippen LogP contribution < -0.4 is 15.0 Å². The van der Waals surface area contributed by atoms with Gasteiger partial charge in [-0.25, -0.2) is 0 Å².